The van der Waals surface area contributed by atoms with Crippen molar-refractivity contribution in [3.8, 4) is 0 Å². The number of hydrogen-bond donors (Lipinski definition) is 1. The first-order valence-electron chi connectivity index (χ1n) is 4.79. The van der Waals surface area contributed by atoms with E-state index < -0.39 is 0 Å². The molecule has 0 spiro atoms. The standard InChI is InChI=1S/C10H17NO2/c1-13-7-3-6-11-9-4-2-5-10(12)8-9/h8,11H,2-7H2,1H3. The fourth-order valence-electron chi connectivity index (χ4n) is 1.40. The smallest absolute Gasteiger partial charge is 0.157 e. The molecule has 1 rings (SSSR count). The maximum absolute atomic E-state index is 11.0. The van der Waals surface area contributed by atoms with Crippen LogP contribution in [-0.4, -0.2) is 26.0 Å². The van der Waals surface area contributed by atoms with Crippen LogP contribution in [0.25, 0.3) is 0 Å². The second-order valence-electron chi connectivity index (χ2n) is 3.26. The summed E-state index contributed by atoms with van der Waals surface area (Å²) in [5.41, 5.74) is 1.09. The first-order chi connectivity index (χ1) is 6.33. The minimum atomic E-state index is 0.250. The van der Waals surface area contributed by atoms with Gasteiger partial charge in [0.1, 0.15) is 0 Å². The lowest BCUT2D eigenvalue weighted by atomic mass is 10.0. The fraction of sp³-hybridized carbons (Fsp3) is 0.700. The Hall–Kier alpha value is -0.830. The summed E-state index contributed by atoms with van der Waals surface area (Å²) in [6.45, 7) is 1.67. The van der Waals surface area contributed by atoms with Crippen molar-refractivity contribution in [3.63, 3.8) is 0 Å². The van der Waals surface area contributed by atoms with Gasteiger partial charge in [-0.05, 0) is 19.3 Å². The summed E-state index contributed by atoms with van der Waals surface area (Å²) < 4.78 is 4.93. The molecule has 1 aliphatic carbocycles. The Kier molecular flexibility index (Phi) is 4.54. The van der Waals surface area contributed by atoms with Gasteiger partial charge in [0.25, 0.3) is 0 Å². The Bertz CT molecular complexity index is 199. The van der Waals surface area contributed by atoms with Crippen LogP contribution in [0.2, 0.25) is 0 Å². The lowest BCUT2D eigenvalue weighted by Crippen LogP contribution is -2.19. The zero-order valence-electron chi connectivity index (χ0n) is 8.14. The maximum atomic E-state index is 11.0. The molecular weight excluding hydrogens is 166 g/mol. The van der Waals surface area contributed by atoms with Crippen LogP contribution in [0.3, 0.4) is 0 Å². The van der Waals surface area contributed by atoms with E-state index in [4.69, 9.17) is 4.74 Å². The summed E-state index contributed by atoms with van der Waals surface area (Å²) in [4.78, 5) is 11.0. The van der Waals surface area contributed by atoms with Gasteiger partial charge in [-0.3, -0.25) is 4.79 Å². The van der Waals surface area contributed by atoms with Gasteiger partial charge < -0.3 is 10.1 Å². The normalized spacial score (nSPS) is 17.0. The first-order valence-corrected chi connectivity index (χ1v) is 4.79. The molecule has 13 heavy (non-hydrogen) atoms. The highest BCUT2D eigenvalue weighted by molar-refractivity contribution is 5.90. The van der Waals surface area contributed by atoms with E-state index in [0.29, 0.717) is 6.42 Å². The predicted octanol–water partition coefficient (Wildman–Crippen LogP) is 1.25. The van der Waals surface area contributed by atoms with Gasteiger partial charge in [-0.15, -0.1) is 0 Å². The molecule has 0 atom stereocenters. The van der Waals surface area contributed by atoms with E-state index in [-0.39, 0.29) is 5.78 Å². The lowest BCUT2D eigenvalue weighted by Gasteiger charge is -2.13. The van der Waals surface area contributed by atoms with Gasteiger partial charge in [-0.2, -0.15) is 0 Å². The largest absolute Gasteiger partial charge is 0.388 e. The number of ketones is 1. The number of ether oxygens (including phenoxy) is 1. The van der Waals surface area contributed by atoms with Crippen molar-refractivity contribution in [2.45, 2.75) is 25.7 Å². The highest BCUT2D eigenvalue weighted by atomic mass is 16.5. The minimum Gasteiger partial charge on any atom is -0.388 e. The molecule has 0 saturated heterocycles. The highest BCUT2D eigenvalue weighted by Crippen LogP contribution is 2.12. The Morgan fingerprint density at radius 2 is 2.38 bits per heavy atom. The molecule has 74 valence electrons. The van der Waals surface area contributed by atoms with Crippen LogP contribution in [0.15, 0.2) is 11.8 Å². The Morgan fingerprint density at radius 1 is 1.54 bits per heavy atom. The van der Waals surface area contributed by atoms with Crippen molar-refractivity contribution in [1.29, 1.82) is 0 Å². The SMILES string of the molecule is COCCCNC1=CC(=O)CCC1. The molecule has 0 saturated carbocycles. The van der Waals surface area contributed by atoms with E-state index in [9.17, 15) is 4.79 Å². The van der Waals surface area contributed by atoms with Crippen molar-refractivity contribution in [2.75, 3.05) is 20.3 Å². The minimum absolute atomic E-state index is 0.250. The monoisotopic (exact) mass is 183 g/mol. The molecule has 0 radical (unpaired) electrons. The second kappa shape index (κ2) is 5.75. The third kappa shape index (κ3) is 4.08. The molecule has 0 heterocycles. The summed E-state index contributed by atoms with van der Waals surface area (Å²) in [6, 6.07) is 0. The summed E-state index contributed by atoms with van der Waals surface area (Å²) in [6.07, 6.45) is 5.43. The summed E-state index contributed by atoms with van der Waals surface area (Å²) in [5.74, 6) is 0.250. The Morgan fingerprint density at radius 3 is 3.08 bits per heavy atom. The number of carbonyl (C=O) groups excluding carboxylic acids is 1. The molecule has 0 aromatic heterocycles. The fourth-order valence-corrected chi connectivity index (χ4v) is 1.40. The summed E-state index contributed by atoms with van der Waals surface area (Å²) in [5, 5.41) is 3.25. The van der Waals surface area contributed by atoms with Crippen LogP contribution in [0.5, 0.6) is 0 Å². The summed E-state index contributed by atoms with van der Waals surface area (Å²) >= 11 is 0. The van der Waals surface area contributed by atoms with Crippen LogP contribution >= 0.6 is 0 Å². The van der Waals surface area contributed by atoms with Gasteiger partial charge in [0.2, 0.25) is 0 Å². The summed E-state index contributed by atoms with van der Waals surface area (Å²) in [7, 11) is 1.70. The van der Waals surface area contributed by atoms with Crippen LogP contribution in [0.1, 0.15) is 25.7 Å². The van der Waals surface area contributed by atoms with Crippen LogP contribution in [0.4, 0.5) is 0 Å². The number of rotatable bonds is 5. The molecular formula is C10H17NO2. The predicted molar refractivity (Wildman–Crippen MR) is 51.4 cm³/mol. The molecule has 0 aromatic rings. The van der Waals surface area contributed by atoms with Crippen molar-refractivity contribution >= 4 is 5.78 Å². The van der Waals surface area contributed by atoms with E-state index in [2.05, 4.69) is 5.32 Å². The molecule has 0 unspecified atom stereocenters. The molecule has 0 aromatic carbocycles. The Balaban J connectivity index is 2.16. The second-order valence-corrected chi connectivity index (χ2v) is 3.26. The molecule has 0 fully saturated rings. The molecule has 0 bridgehead atoms. The van der Waals surface area contributed by atoms with Crippen molar-refractivity contribution in [2.24, 2.45) is 0 Å². The topological polar surface area (TPSA) is 38.3 Å². The molecule has 1 N–H and O–H groups in total. The van der Waals surface area contributed by atoms with E-state index in [1.165, 1.54) is 0 Å². The molecule has 3 heteroatoms. The van der Waals surface area contributed by atoms with Gasteiger partial charge >= 0.3 is 0 Å². The molecule has 0 aliphatic heterocycles. The number of methoxy groups -OCH3 is 1. The zero-order chi connectivity index (χ0) is 9.52. The number of nitrogens with one attached hydrogen (secondary N) is 1. The van der Waals surface area contributed by atoms with E-state index in [1.54, 1.807) is 13.2 Å². The molecule has 0 amide bonds. The average Bonchev–Trinajstić information content (AvgIpc) is 2.13. The first kappa shape index (κ1) is 10.3. The third-order valence-electron chi connectivity index (χ3n) is 2.08. The molecule has 1 aliphatic rings. The van der Waals surface area contributed by atoms with Crippen molar-refractivity contribution in [3.05, 3.63) is 11.8 Å². The van der Waals surface area contributed by atoms with Crippen LogP contribution < -0.4 is 5.32 Å². The number of allylic oxidation sites excluding steroid dienone is 2. The average molecular weight is 183 g/mol. The van der Waals surface area contributed by atoms with Gasteiger partial charge in [-0.25, -0.2) is 0 Å². The Labute approximate surface area is 79.2 Å². The van der Waals surface area contributed by atoms with Gasteiger partial charge in [0.15, 0.2) is 5.78 Å². The van der Waals surface area contributed by atoms with Crippen LogP contribution in [0, 0.1) is 0 Å². The lowest BCUT2D eigenvalue weighted by molar-refractivity contribution is -0.115. The van der Waals surface area contributed by atoms with Crippen molar-refractivity contribution < 1.29 is 9.53 Å². The van der Waals surface area contributed by atoms with Crippen LogP contribution in [-0.2, 0) is 9.53 Å². The number of hydrogen-bond acceptors (Lipinski definition) is 3. The van der Waals surface area contributed by atoms with Gasteiger partial charge in [-0.1, -0.05) is 0 Å². The highest BCUT2D eigenvalue weighted by Gasteiger charge is 2.08. The molecule has 3 nitrogen and oxygen atoms in total. The van der Waals surface area contributed by atoms with E-state index in [0.717, 1.165) is 38.1 Å². The van der Waals surface area contributed by atoms with Crippen molar-refractivity contribution in [1.82, 2.24) is 5.32 Å². The van der Waals surface area contributed by atoms with Gasteiger partial charge in [0, 0.05) is 38.5 Å². The van der Waals surface area contributed by atoms with Gasteiger partial charge in [0.05, 0.1) is 0 Å². The maximum Gasteiger partial charge on any atom is 0.157 e. The van der Waals surface area contributed by atoms with E-state index in [1.807, 2.05) is 0 Å². The zero-order valence-corrected chi connectivity index (χ0v) is 8.14. The quantitative estimate of drug-likeness (QED) is 0.652. The van der Waals surface area contributed by atoms with E-state index >= 15 is 0 Å². The third-order valence-corrected chi connectivity index (χ3v) is 2.08. The number of carbonyl (C=O) groups is 1.